The third-order valence-corrected chi connectivity index (χ3v) is 7.20. The second-order valence-electron chi connectivity index (χ2n) is 7.25. The van der Waals surface area contributed by atoms with Gasteiger partial charge >= 0.3 is 0 Å². The van der Waals surface area contributed by atoms with E-state index in [2.05, 4.69) is 5.32 Å². The molecule has 1 fully saturated rings. The maximum atomic E-state index is 12.7. The van der Waals surface area contributed by atoms with E-state index in [4.69, 9.17) is 9.47 Å². The van der Waals surface area contributed by atoms with Crippen molar-refractivity contribution in [3.8, 4) is 11.5 Å². The van der Waals surface area contributed by atoms with Crippen molar-refractivity contribution in [3.05, 3.63) is 54.1 Å². The number of ether oxygens (including phenoxy) is 2. The lowest BCUT2D eigenvalue weighted by Gasteiger charge is -2.31. The fourth-order valence-corrected chi connectivity index (χ4v) is 5.07. The van der Waals surface area contributed by atoms with E-state index in [1.165, 1.54) is 4.31 Å². The molecule has 2 aromatic carbocycles. The molecule has 1 N–H and O–H groups in total. The summed E-state index contributed by atoms with van der Waals surface area (Å²) in [5, 5.41) is 3.04. The molecular formula is C22H28N2O5S. The first-order valence-corrected chi connectivity index (χ1v) is 11.4. The van der Waals surface area contributed by atoms with Crippen LogP contribution in [0.3, 0.4) is 0 Å². The number of hydrogen-bond donors (Lipinski definition) is 1. The molecule has 162 valence electrons. The molecule has 0 aliphatic carbocycles. The summed E-state index contributed by atoms with van der Waals surface area (Å²) in [4.78, 5) is 12.7. The van der Waals surface area contributed by atoms with Crippen LogP contribution in [0.5, 0.6) is 11.5 Å². The molecule has 0 radical (unpaired) electrons. The number of nitrogens with one attached hydrogen (secondary N) is 1. The van der Waals surface area contributed by atoms with E-state index in [0.717, 1.165) is 5.56 Å². The number of carbonyl (C=O) groups excluding carboxylic acids is 1. The monoisotopic (exact) mass is 432 g/mol. The third kappa shape index (κ3) is 5.31. The summed E-state index contributed by atoms with van der Waals surface area (Å²) in [6.45, 7) is 0.801. The molecule has 0 unspecified atom stereocenters. The van der Waals surface area contributed by atoms with Crippen LogP contribution in [0.15, 0.2) is 53.4 Å². The highest BCUT2D eigenvalue weighted by atomic mass is 32.2. The molecule has 0 saturated carbocycles. The number of methoxy groups -OCH3 is 2. The standard InChI is InChI=1S/C22H28N2O5S/c1-28-20-10-8-17(16-21(20)29-2)9-11-22(25)23-18-12-14-24(15-13-18)30(26,27)19-6-4-3-5-7-19/h3-8,10,16,18H,9,11-15H2,1-2H3,(H,23,25). The number of benzene rings is 2. The molecule has 8 heteroatoms. The maximum absolute atomic E-state index is 12.7. The Balaban J connectivity index is 1.48. The number of carbonyl (C=O) groups is 1. The van der Waals surface area contributed by atoms with Crippen molar-refractivity contribution in [2.75, 3.05) is 27.3 Å². The van der Waals surface area contributed by atoms with Gasteiger partial charge in [0.2, 0.25) is 15.9 Å². The van der Waals surface area contributed by atoms with Gasteiger partial charge < -0.3 is 14.8 Å². The summed E-state index contributed by atoms with van der Waals surface area (Å²) in [5.41, 5.74) is 0.992. The Kier molecular flexibility index (Phi) is 7.33. The molecular weight excluding hydrogens is 404 g/mol. The Bertz CT molecular complexity index is 955. The van der Waals surface area contributed by atoms with Crippen molar-refractivity contribution in [3.63, 3.8) is 0 Å². The average Bonchev–Trinajstić information content (AvgIpc) is 2.78. The van der Waals surface area contributed by atoms with E-state index in [0.29, 0.717) is 55.2 Å². The fourth-order valence-electron chi connectivity index (χ4n) is 3.58. The van der Waals surface area contributed by atoms with Gasteiger partial charge in [0, 0.05) is 25.6 Å². The molecule has 30 heavy (non-hydrogen) atoms. The van der Waals surface area contributed by atoms with Gasteiger partial charge in [-0.1, -0.05) is 24.3 Å². The van der Waals surface area contributed by atoms with Crippen molar-refractivity contribution < 1.29 is 22.7 Å². The summed E-state index contributed by atoms with van der Waals surface area (Å²) in [7, 11) is -0.307. The minimum atomic E-state index is -3.47. The summed E-state index contributed by atoms with van der Waals surface area (Å²) in [6, 6.07) is 14.1. The number of sulfonamides is 1. The van der Waals surface area contributed by atoms with Gasteiger partial charge in [0.15, 0.2) is 11.5 Å². The Morgan fingerprint density at radius 2 is 1.70 bits per heavy atom. The van der Waals surface area contributed by atoms with Crippen LogP contribution in [-0.4, -0.2) is 52.0 Å². The molecule has 0 aromatic heterocycles. The van der Waals surface area contributed by atoms with Gasteiger partial charge in [0.25, 0.3) is 0 Å². The van der Waals surface area contributed by atoms with Crippen LogP contribution in [0, 0.1) is 0 Å². The predicted molar refractivity (Wildman–Crippen MR) is 114 cm³/mol. The molecule has 1 heterocycles. The van der Waals surface area contributed by atoms with E-state index in [1.807, 2.05) is 18.2 Å². The van der Waals surface area contributed by atoms with Gasteiger partial charge in [-0.3, -0.25) is 4.79 Å². The van der Waals surface area contributed by atoms with Crippen molar-refractivity contribution in [1.29, 1.82) is 0 Å². The van der Waals surface area contributed by atoms with Gasteiger partial charge in [-0.15, -0.1) is 0 Å². The summed E-state index contributed by atoms with van der Waals surface area (Å²) >= 11 is 0. The Morgan fingerprint density at radius 3 is 2.33 bits per heavy atom. The zero-order chi connectivity index (χ0) is 21.6. The topological polar surface area (TPSA) is 84.9 Å². The van der Waals surface area contributed by atoms with Crippen LogP contribution >= 0.6 is 0 Å². The van der Waals surface area contributed by atoms with Gasteiger partial charge in [-0.25, -0.2) is 8.42 Å². The number of piperidine rings is 1. The third-order valence-electron chi connectivity index (χ3n) is 5.29. The normalized spacial score (nSPS) is 15.5. The first-order valence-electron chi connectivity index (χ1n) is 9.99. The maximum Gasteiger partial charge on any atom is 0.243 e. The number of hydrogen-bond acceptors (Lipinski definition) is 5. The minimum absolute atomic E-state index is 0.00914. The summed E-state index contributed by atoms with van der Waals surface area (Å²) in [6.07, 6.45) is 2.16. The lowest BCUT2D eigenvalue weighted by atomic mass is 10.1. The van der Waals surface area contributed by atoms with Crippen molar-refractivity contribution >= 4 is 15.9 Å². The molecule has 7 nitrogen and oxygen atoms in total. The van der Waals surface area contributed by atoms with Crippen LogP contribution in [0.25, 0.3) is 0 Å². The van der Waals surface area contributed by atoms with Gasteiger partial charge in [0.05, 0.1) is 19.1 Å². The molecule has 0 spiro atoms. The smallest absolute Gasteiger partial charge is 0.243 e. The van der Waals surface area contributed by atoms with Crippen LogP contribution in [-0.2, 0) is 21.2 Å². The molecule has 1 saturated heterocycles. The Labute approximate surface area is 178 Å². The van der Waals surface area contributed by atoms with Crippen LogP contribution in [0.1, 0.15) is 24.8 Å². The fraction of sp³-hybridized carbons (Fsp3) is 0.409. The highest BCUT2D eigenvalue weighted by Crippen LogP contribution is 2.28. The molecule has 3 rings (SSSR count). The zero-order valence-electron chi connectivity index (χ0n) is 17.3. The molecule has 0 atom stereocenters. The Morgan fingerprint density at radius 1 is 1.03 bits per heavy atom. The van der Waals surface area contributed by atoms with Gasteiger partial charge in [-0.2, -0.15) is 4.31 Å². The number of nitrogens with zero attached hydrogens (tertiary/aromatic N) is 1. The first kappa shape index (κ1) is 22.1. The summed E-state index contributed by atoms with van der Waals surface area (Å²) in [5.74, 6) is 1.26. The lowest BCUT2D eigenvalue weighted by Crippen LogP contribution is -2.46. The van der Waals surface area contributed by atoms with E-state index in [1.54, 1.807) is 44.6 Å². The number of aryl methyl sites for hydroxylation is 1. The minimum Gasteiger partial charge on any atom is -0.493 e. The summed E-state index contributed by atoms with van der Waals surface area (Å²) < 4.78 is 37.4. The van der Waals surface area contributed by atoms with E-state index in [-0.39, 0.29) is 11.9 Å². The molecule has 1 aliphatic heterocycles. The first-order chi connectivity index (χ1) is 14.4. The lowest BCUT2D eigenvalue weighted by molar-refractivity contribution is -0.122. The Hall–Kier alpha value is -2.58. The number of amides is 1. The van der Waals surface area contributed by atoms with E-state index in [9.17, 15) is 13.2 Å². The highest BCUT2D eigenvalue weighted by molar-refractivity contribution is 7.89. The van der Waals surface area contributed by atoms with Gasteiger partial charge in [-0.05, 0) is 49.1 Å². The molecule has 0 bridgehead atoms. The highest BCUT2D eigenvalue weighted by Gasteiger charge is 2.29. The quantitative estimate of drug-likeness (QED) is 0.693. The van der Waals surface area contributed by atoms with Crippen molar-refractivity contribution in [2.45, 2.75) is 36.6 Å². The van der Waals surface area contributed by atoms with Crippen LogP contribution in [0.2, 0.25) is 0 Å². The van der Waals surface area contributed by atoms with Crippen molar-refractivity contribution in [1.82, 2.24) is 9.62 Å². The SMILES string of the molecule is COc1ccc(CCC(=O)NC2CCN(S(=O)(=O)c3ccccc3)CC2)cc1OC. The molecule has 2 aromatic rings. The zero-order valence-corrected chi connectivity index (χ0v) is 18.2. The number of rotatable bonds is 8. The predicted octanol–water partition coefficient (Wildman–Crippen LogP) is 2.61. The van der Waals surface area contributed by atoms with Crippen molar-refractivity contribution in [2.24, 2.45) is 0 Å². The average molecular weight is 433 g/mol. The largest absolute Gasteiger partial charge is 0.493 e. The van der Waals surface area contributed by atoms with E-state index < -0.39 is 10.0 Å². The second-order valence-corrected chi connectivity index (χ2v) is 9.19. The second kappa shape index (κ2) is 9.95. The van der Waals surface area contributed by atoms with Crippen LogP contribution < -0.4 is 14.8 Å². The molecule has 1 amide bonds. The van der Waals surface area contributed by atoms with E-state index >= 15 is 0 Å². The van der Waals surface area contributed by atoms with Crippen LogP contribution in [0.4, 0.5) is 0 Å². The van der Waals surface area contributed by atoms with Gasteiger partial charge in [0.1, 0.15) is 0 Å². The molecule has 1 aliphatic rings.